The summed E-state index contributed by atoms with van der Waals surface area (Å²) < 4.78 is 5.35. The first-order chi connectivity index (χ1) is 5.88. The van der Waals surface area contributed by atoms with E-state index in [1.165, 1.54) is 11.5 Å². The highest BCUT2D eigenvalue weighted by Crippen LogP contribution is 2.27. The van der Waals surface area contributed by atoms with Crippen LogP contribution >= 0.6 is 27.5 Å². The van der Waals surface area contributed by atoms with Gasteiger partial charge in [-0.3, -0.25) is 0 Å². The van der Waals surface area contributed by atoms with Crippen molar-refractivity contribution < 1.29 is 0 Å². The molecule has 0 amide bonds. The van der Waals surface area contributed by atoms with Crippen LogP contribution in [-0.2, 0) is 0 Å². The van der Waals surface area contributed by atoms with Gasteiger partial charge in [0.05, 0.1) is 10.2 Å². The lowest BCUT2D eigenvalue weighted by atomic mass is 10.2. The number of rotatable bonds is 1. The summed E-state index contributed by atoms with van der Waals surface area (Å²) in [4.78, 5) is 0. The zero-order valence-electron chi connectivity index (χ0n) is 6.20. The molecule has 1 heterocycles. The Hall–Kier alpha value is -0.670. The van der Waals surface area contributed by atoms with Crippen molar-refractivity contribution in [2.75, 3.05) is 0 Å². The molecule has 2 rings (SSSR count). The van der Waals surface area contributed by atoms with Gasteiger partial charge in [0.2, 0.25) is 0 Å². The molecule has 0 aliphatic heterocycles. The fraction of sp³-hybridized carbons (Fsp3) is 0. The van der Waals surface area contributed by atoms with E-state index >= 15 is 0 Å². The van der Waals surface area contributed by atoms with Crippen molar-refractivity contribution in [1.29, 1.82) is 0 Å². The van der Waals surface area contributed by atoms with Crippen LogP contribution in [0.5, 0.6) is 0 Å². The van der Waals surface area contributed by atoms with E-state index in [1.54, 1.807) is 0 Å². The van der Waals surface area contributed by atoms with Crippen LogP contribution in [0.1, 0.15) is 0 Å². The number of benzene rings is 1. The van der Waals surface area contributed by atoms with E-state index in [2.05, 4.69) is 32.4 Å². The Bertz CT molecular complexity index is 369. The van der Waals surface area contributed by atoms with Crippen molar-refractivity contribution in [2.45, 2.75) is 0 Å². The highest BCUT2D eigenvalue weighted by Gasteiger charge is 2.03. The average molecular weight is 240 g/mol. The van der Waals surface area contributed by atoms with Crippen LogP contribution in [0.15, 0.2) is 40.2 Å². The lowest BCUT2D eigenvalue weighted by Crippen LogP contribution is -1.75. The van der Waals surface area contributed by atoms with Gasteiger partial charge in [0.25, 0.3) is 0 Å². The maximum atomic E-state index is 4.28. The summed E-state index contributed by atoms with van der Waals surface area (Å²) in [5, 5.41) is 1.99. The zero-order valence-corrected chi connectivity index (χ0v) is 8.60. The third-order valence-electron chi connectivity index (χ3n) is 1.57. The number of aromatic nitrogens is 1. The standard InChI is InChI=1S/C9H6BrNS/c10-8-6-12-11-9(8)7-4-2-1-3-5-7/h1-6H. The molecule has 1 nitrogen and oxygen atoms in total. The predicted molar refractivity (Wildman–Crippen MR) is 55.3 cm³/mol. The number of hydrogen-bond donors (Lipinski definition) is 0. The molecule has 0 fully saturated rings. The largest absolute Gasteiger partial charge is 0.191 e. The number of nitrogens with zero attached hydrogens (tertiary/aromatic N) is 1. The summed E-state index contributed by atoms with van der Waals surface area (Å²) in [7, 11) is 0. The van der Waals surface area contributed by atoms with Crippen molar-refractivity contribution >= 4 is 27.5 Å². The lowest BCUT2D eigenvalue weighted by molar-refractivity contribution is 1.50. The van der Waals surface area contributed by atoms with Gasteiger partial charge in [-0.1, -0.05) is 30.3 Å². The molecular formula is C9H6BrNS. The molecule has 3 heteroatoms. The van der Waals surface area contributed by atoms with Crippen molar-refractivity contribution in [3.8, 4) is 11.3 Å². The smallest absolute Gasteiger partial charge is 0.0982 e. The molecule has 2 aromatic rings. The normalized spacial score (nSPS) is 10.1. The van der Waals surface area contributed by atoms with Crippen molar-refractivity contribution in [2.24, 2.45) is 0 Å². The van der Waals surface area contributed by atoms with Gasteiger partial charge >= 0.3 is 0 Å². The molecule has 0 saturated carbocycles. The van der Waals surface area contributed by atoms with Crippen molar-refractivity contribution in [1.82, 2.24) is 4.37 Å². The Morgan fingerprint density at radius 1 is 1.17 bits per heavy atom. The van der Waals surface area contributed by atoms with Crippen LogP contribution in [0.3, 0.4) is 0 Å². The van der Waals surface area contributed by atoms with Crippen LogP contribution in [-0.4, -0.2) is 4.37 Å². The molecule has 0 radical (unpaired) electrons. The highest BCUT2D eigenvalue weighted by atomic mass is 79.9. The second kappa shape index (κ2) is 3.37. The van der Waals surface area contributed by atoms with E-state index in [-0.39, 0.29) is 0 Å². The van der Waals surface area contributed by atoms with Crippen LogP contribution in [0, 0.1) is 0 Å². The van der Waals surface area contributed by atoms with Crippen LogP contribution in [0.25, 0.3) is 11.3 Å². The van der Waals surface area contributed by atoms with E-state index in [1.807, 2.05) is 23.6 Å². The van der Waals surface area contributed by atoms with Crippen LogP contribution in [0.4, 0.5) is 0 Å². The second-order valence-electron chi connectivity index (χ2n) is 2.38. The SMILES string of the molecule is Brc1csnc1-c1ccccc1. The van der Waals surface area contributed by atoms with Gasteiger partial charge in [0, 0.05) is 10.9 Å². The van der Waals surface area contributed by atoms with Gasteiger partial charge in [-0.15, -0.1) is 0 Å². The first kappa shape index (κ1) is 7.95. The van der Waals surface area contributed by atoms with Gasteiger partial charge in [0.15, 0.2) is 0 Å². The Labute approximate surface area is 83.4 Å². The van der Waals surface area contributed by atoms with Gasteiger partial charge in [0.1, 0.15) is 0 Å². The quantitative estimate of drug-likeness (QED) is 0.742. The minimum Gasteiger partial charge on any atom is -0.191 e. The van der Waals surface area contributed by atoms with E-state index in [0.29, 0.717) is 0 Å². The molecular weight excluding hydrogens is 234 g/mol. The molecule has 0 saturated heterocycles. The van der Waals surface area contributed by atoms with Crippen molar-refractivity contribution in [3.05, 3.63) is 40.2 Å². The molecule has 0 atom stereocenters. The minimum atomic E-state index is 1.03. The summed E-state index contributed by atoms with van der Waals surface area (Å²) in [6.45, 7) is 0. The van der Waals surface area contributed by atoms with Crippen molar-refractivity contribution in [3.63, 3.8) is 0 Å². The lowest BCUT2D eigenvalue weighted by Gasteiger charge is -1.94. The van der Waals surface area contributed by atoms with Crippen LogP contribution in [0.2, 0.25) is 0 Å². The molecule has 1 aromatic carbocycles. The molecule has 0 spiro atoms. The van der Waals surface area contributed by atoms with E-state index in [4.69, 9.17) is 0 Å². The van der Waals surface area contributed by atoms with E-state index < -0.39 is 0 Å². The van der Waals surface area contributed by atoms with E-state index in [0.717, 1.165) is 15.7 Å². The Balaban J connectivity index is 2.51. The topological polar surface area (TPSA) is 12.9 Å². The molecule has 60 valence electrons. The average Bonchev–Trinajstić information content (AvgIpc) is 2.53. The Morgan fingerprint density at radius 2 is 1.92 bits per heavy atom. The summed E-state index contributed by atoms with van der Waals surface area (Å²) in [6.07, 6.45) is 0. The fourth-order valence-electron chi connectivity index (χ4n) is 1.01. The Morgan fingerprint density at radius 3 is 2.50 bits per heavy atom. The fourth-order valence-corrected chi connectivity index (χ4v) is 2.26. The maximum absolute atomic E-state index is 4.28. The van der Waals surface area contributed by atoms with E-state index in [9.17, 15) is 0 Å². The monoisotopic (exact) mass is 239 g/mol. The third kappa shape index (κ3) is 1.42. The van der Waals surface area contributed by atoms with Gasteiger partial charge in [-0.25, -0.2) is 0 Å². The van der Waals surface area contributed by atoms with Gasteiger partial charge in [-0.05, 0) is 27.5 Å². The second-order valence-corrected chi connectivity index (χ2v) is 3.86. The summed E-state index contributed by atoms with van der Waals surface area (Å²) in [6, 6.07) is 10.1. The first-order valence-corrected chi connectivity index (χ1v) is 5.16. The molecule has 0 N–H and O–H groups in total. The minimum absolute atomic E-state index is 1.03. The van der Waals surface area contributed by atoms with Gasteiger partial charge < -0.3 is 0 Å². The number of halogens is 1. The summed E-state index contributed by atoms with van der Waals surface area (Å²) in [5.41, 5.74) is 2.19. The molecule has 12 heavy (non-hydrogen) atoms. The number of hydrogen-bond acceptors (Lipinski definition) is 2. The maximum Gasteiger partial charge on any atom is 0.0982 e. The summed E-state index contributed by atoms with van der Waals surface area (Å²) in [5.74, 6) is 0. The molecule has 1 aromatic heterocycles. The Kier molecular flexibility index (Phi) is 2.23. The summed E-state index contributed by atoms with van der Waals surface area (Å²) >= 11 is 4.92. The molecule has 0 aliphatic rings. The first-order valence-electron chi connectivity index (χ1n) is 3.53. The molecule has 0 aliphatic carbocycles. The van der Waals surface area contributed by atoms with Gasteiger partial charge in [-0.2, -0.15) is 4.37 Å². The predicted octanol–water partition coefficient (Wildman–Crippen LogP) is 3.57. The molecule has 0 unspecified atom stereocenters. The zero-order chi connectivity index (χ0) is 8.39. The molecule has 0 bridgehead atoms. The highest BCUT2D eigenvalue weighted by molar-refractivity contribution is 9.10. The third-order valence-corrected chi connectivity index (χ3v) is 3.11. The van der Waals surface area contributed by atoms with Crippen LogP contribution < -0.4 is 0 Å².